The molecule has 0 bridgehead atoms. The highest BCUT2D eigenvalue weighted by molar-refractivity contribution is 5.28. The second-order valence-electron chi connectivity index (χ2n) is 4.30. The molecule has 1 aliphatic carbocycles. The summed E-state index contributed by atoms with van der Waals surface area (Å²) in [5.41, 5.74) is 10.0. The molecule has 2 N–H and O–H groups in total. The van der Waals surface area contributed by atoms with Gasteiger partial charge in [-0.3, -0.25) is 0 Å². The third-order valence-electron chi connectivity index (χ3n) is 2.88. The van der Waals surface area contributed by atoms with Crippen LogP contribution in [0.5, 0.6) is 0 Å². The summed E-state index contributed by atoms with van der Waals surface area (Å²) in [6, 6.07) is 2.42. The Labute approximate surface area is 85.4 Å². The first-order valence-corrected chi connectivity index (χ1v) is 5.26. The van der Waals surface area contributed by atoms with Crippen LogP contribution in [-0.2, 0) is 13.0 Å². The van der Waals surface area contributed by atoms with E-state index in [0.29, 0.717) is 0 Å². The number of nitrogens with two attached hydrogens (primary N) is 1. The molecule has 76 valence electrons. The van der Waals surface area contributed by atoms with Crippen LogP contribution < -0.4 is 5.73 Å². The molecule has 1 heterocycles. The molecule has 0 saturated carbocycles. The van der Waals surface area contributed by atoms with E-state index in [9.17, 15) is 0 Å². The Morgan fingerprint density at radius 2 is 2.50 bits per heavy atom. The molecule has 0 radical (unpaired) electrons. The van der Waals surface area contributed by atoms with Gasteiger partial charge in [0.2, 0.25) is 0 Å². The number of hydrogen-bond donors (Lipinski definition) is 1. The van der Waals surface area contributed by atoms with Gasteiger partial charge < -0.3 is 10.3 Å². The molecule has 0 spiro atoms. The molecule has 0 aromatic carbocycles. The summed E-state index contributed by atoms with van der Waals surface area (Å²) >= 11 is 0. The molecule has 2 nitrogen and oxygen atoms in total. The predicted octanol–water partition coefficient (Wildman–Crippen LogP) is 2.40. The maximum Gasteiger partial charge on any atom is 0.0427 e. The van der Waals surface area contributed by atoms with Gasteiger partial charge in [0.05, 0.1) is 0 Å². The zero-order valence-corrected chi connectivity index (χ0v) is 8.79. The molecule has 2 heteroatoms. The molecule has 1 unspecified atom stereocenters. The average Bonchev–Trinajstić information content (AvgIpc) is 2.49. The summed E-state index contributed by atoms with van der Waals surface area (Å²) < 4.78 is 2.29. The number of fused-ring (bicyclic) bond motifs is 1. The van der Waals surface area contributed by atoms with Crippen molar-refractivity contribution in [3.8, 4) is 0 Å². The summed E-state index contributed by atoms with van der Waals surface area (Å²) in [5, 5.41) is 0. The lowest BCUT2D eigenvalue weighted by molar-refractivity contribution is 0.547. The Bertz CT molecular complexity index is 349. The fraction of sp³-hybridized carbons (Fsp3) is 0.500. The van der Waals surface area contributed by atoms with Crippen LogP contribution in [0.3, 0.4) is 0 Å². The van der Waals surface area contributed by atoms with Gasteiger partial charge in [-0.15, -0.1) is 0 Å². The van der Waals surface area contributed by atoms with Gasteiger partial charge in [0.1, 0.15) is 0 Å². The van der Waals surface area contributed by atoms with E-state index < -0.39 is 0 Å². The van der Waals surface area contributed by atoms with Crippen LogP contribution in [-0.4, -0.2) is 4.57 Å². The second kappa shape index (κ2) is 3.62. The fourth-order valence-corrected chi connectivity index (χ4v) is 2.23. The Kier molecular flexibility index (Phi) is 2.46. The summed E-state index contributed by atoms with van der Waals surface area (Å²) in [5.74, 6) is 0. The zero-order valence-electron chi connectivity index (χ0n) is 8.79. The number of rotatable bonds is 2. The van der Waals surface area contributed by atoms with Crippen molar-refractivity contribution in [1.82, 2.24) is 4.57 Å². The summed E-state index contributed by atoms with van der Waals surface area (Å²) in [6.45, 7) is 6.94. The molecule has 1 aromatic rings. The highest BCUT2D eigenvalue weighted by Gasteiger charge is 2.19. The van der Waals surface area contributed by atoms with Crippen LogP contribution in [0.25, 0.3) is 0 Å². The van der Waals surface area contributed by atoms with Crippen molar-refractivity contribution in [2.75, 3.05) is 0 Å². The van der Waals surface area contributed by atoms with Crippen molar-refractivity contribution < 1.29 is 0 Å². The van der Waals surface area contributed by atoms with Gasteiger partial charge in [0, 0.05) is 24.5 Å². The molecule has 0 amide bonds. The molecule has 1 aromatic heterocycles. The number of hydrogen-bond acceptors (Lipinski definition) is 1. The van der Waals surface area contributed by atoms with Crippen LogP contribution in [0.4, 0.5) is 0 Å². The lowest BCUT2D eigenvalue weighted by Gasteiger charge is -2.20. The Balaban J connectivity index is 2.31. The lowest BCUT2D eigenvalue weighted by atomic mass is 9.93. The van der Waals surface area contributed by atoms with Crippen molar-refractivity contribution in [1.29, 1.82) is 0 Å². The number of aromatic nitrogens is 1. The first kappa shape index (κ1) is 9.53. The maximum absolute atomic E-state index is 6.05. The number of allylic oxidation sites excluding steroid dienone is 1. The smallest absolute Gasteiger partial charge is 0.0427 e. The van der Waals surface area contributed by atoms with Crippen molar-refractivity contribution in [3.05, 3.63) is 35.7 Å². The molecule has 0 saturated heterocycles. The topological polar surface area (TPSA) is 30.9 Å². The minimum Gasteiger partial charge on any atom is -0.347 e. The van der Waals surface area contributed by atoms with Gasteiger partial charge in [0.25, 0.3) is 0 Å². The SMILES string of the molecule is C=C(C)Cn1ccc2c1CCCC2N. The van der Waals surface area contributed by atoms with Crippen LogP contribution >= 0.6 is 0 Å². The summed E-state index contributed by atoms with van der Waals surface area (Å²) in [4.78, 5) is 0. The van der Waals surface area contributed by atoms with Crippen LogP contribution in [0.15, 0.2) is 24.4 Å². The maximum atomic E-state index is 6.05. The highest BCUT2D eigenvalue weighted by atomic mass is 15.0. The van der Waals surface area contributed by atoms with Gasteiger partial charge in [-0.25, -0.2) is 0 Å². The van der Waals surface area contributed by atoms with Crippen LogP contribution in [0.2, 0.25) is 0 Å². The summed E-state index contributed by atoms with van der Waals surface area (Å²) in [6.07, 6.45) is 5.66. The summed E-state index contributed by atoms with van der Waals surface area (Å²) in [7, 11) is 0. The molecule has 1 atom stereocenters. The minimum absolute atomic E-state index is 0.255. The normalized spacial score (nSPS) is 20.6. The van der Waals surface area contributed by atoms with E-state index in [4.69, 9.17) is 5.73 Å². The standard InChI is InChI=1S/C12H18N2/c1-9(2)8-14-7-6-10-11(13)4-3-5-12(10)14/h6-7,11H,1,3-5,8,13H2,2H3. The Hall–Kier alpha value is -1.02. The first-order chi connectivity index (χ1) is 6.68. The van der Waals surface area contributed by atoms with E-state index >= 15 is 0 Å². The van der Waals surface area contributed by atoms with E-state index in [1.165, 1.54) is 29.7 Å². The molecule has 0 fully saturated rings. The Morgan fingerprint density at radius 3 is 3.21 bits per heavy atom. The largest absolute Gasteiger partial charge is 0.347 e. The van der Waals surface area contributed by atoms with Gasteiger partial charge in [-0.1, -0.05) is 12.2 Å². The van der Waals surface area contributed by atoms with E-state index in [0.717, 1.165) is 13.0 Å². The second-order valence-corrected chi connectivity index (χ2v) is 4.30. The predicted molar refractivity (Wildman–Crippen MR) is 59.1 cm³/mol. The van der Waals surface area contributed by atoms with E-state index in [-0.39, 0.29) is 6.04 Å². The highest BCUT2D eigenvalue weighted by Crippen LogP contribution is 2.28. The van der Waals surface area contributed by atoms with Gasteiger partial charge in [-0.05, 0) is 37.8 Å². The van der Waals surface area contributed by atoms with Crippen LogP contribution in [0.1, 0.15) is 37.1 Å². The van der Waals surface area contributed by atoms with Gasteiger partial charge >= 0.3 is 0 Å². The van der Waals surface area contributed by atoms with E-state index in [2.05, 4.69) is 30.3 Å². The van der Waals surface area contributed by atoms with Crippen molar-refractivity contribution in [2.45, 2.75) is 38.8 Å². The minimum atomic E-state index is 0.255. The zero-order chi connectivity index (χ0) is 10.1. The first-order valence-electron chi connectivity index (χ1n) is 5.26. The van der Waals surface area contributed by atoms with Gasteiger partial charge in [0.15, 0.2) is 0 Å². The molecular formula is C12H18N2. The third kappa shape index (κ3) is 1.62. The molecule has 1 aliphatic rings. The third-order valence-corrected chi connectivity index (χ3v) is 2.88. The lowest BCUT2D eigenvalue weighted by Crippen LogP contribution is -2.18. The fourth-order valence-electron chi connectivity index (χ4n) is 2.23. The molecule has 2 rings (SSSR count). The van der Waals surface area contributed by atoms with Crippen molar-refractivity contribution in [3.63, 3.8) is 0 Å². The van der Waals surface area contributed by atoms with Crippen molar-refractivity contribution in [2.24, 2.45) is 5.73 Å². The quantitative estimate of drug-likeness (QED) is 0.713. The average molecular weight is 190 g/mol. The van der Waals surface area contributed by atoms with E-state index in [1.54, 1.807) is 0 Å². The molecule has 0 aliphatic heterocycles. The number of nitrogens with zero attached hydrogens (tertiary/aromatic N) is 1. The van der Waals surface area contributed by atoms with Crippen LogP contribution in [0, 0.1) is 0 Å². The monoisotopic (exact) mass is 190 g/mol. The van der Waals surface area contributed by atoms with Crippen molar-refractivity contribution >= 4 is 0 Å². The van der Waals surface area contributed by atoms with E-state index in [1.807, 2.05) is 0 Å². The molecular weight excluding hydrogens is 172 g/mol. The van der Waals surface area contributed by atoms with Gasteiger partial charge in [-0.2, -0.15) is 0 Å². The molecule has 14 heavy (non-hydrogen) atoms. The Morgan fingerprint density at radius 1 is 1.71 bits per heavy atom.